The van der Waals surface area contributed by atoms with Crippen molar-refractivity contribution in [1.82, 2.24) is 0 Å². The second kappa shape index (κ2) is 7.33. The van der Waals surface area contributed by atoms with Gasteiger partial charge in [-0.15, -0.1) is 0 Å². The lowest BCUT2D eigenvalue weighted by atomic mass is 9.92. The molecule has 1 aromatic carbocycles. The monoisotopic (exact) mass is 324 g/mol. The zero-order valence-electron chi connectivity index (χ0n) is 12.1. The maximum Gasteiger partial charge on any atom is 0.119 e. The molecule has 1 atom stereocenters. The van der Waals surface area contributed by atoms with Crippen molar-refractivity contribution in [2.45, 2.75) is 63.3 Å². The van der Waals surface area contributed by atoms with Gasteiger partial charge in [0.15, 0.2) is 0 Å². The molecule has 0 spiro atoms. The van der Waals surface area contributed by atoms with Crippen LogP contribution in [0.5, 0.6) is 5.75 Å². The minimum atomic E-state index is 0.243. The van der Waals surface area contributed by atoms with Crippen LogP contribution < -0.4 is 4.74 Å². The molecule has 0 aromatic heterocycles. The van der Waals surface area contributed by atoms with Crippen molar-refractivity contribution < 1.29 is 4.74 Å². The topological polar surface area (TPSA) is 9.23 Å². The van der Waals surface area contributed by atoms with Crippen molar-refractivity contribution in [2.75, 3.05) is 0 Å². The number of hydrogen-bond donors (Lipinski definition) is 0. The Morgan fingerprint density at radius 3 is 2.11 bits per heavy atom. The van der Waals surface area contributed by atoms with Crippen LogP contribution in [-0.4, -0.2) is 6.10 Å². The van der Waals surface area contributed by atoms with E-state index in [0.717, 1.165) is 11.7 Å². The van der Waals surface area contributed by atoms with Crippen molar-refractivity contribution in [3.05, 3.63) is 29.8 Å². The molecule has 0 heterocycles. The van der Waals surface area contributed by atoms with E-state index < -0.39 is 0 Å². The Kier molecular flexibility index (Phi) is 5.75. The summed E-state index contributed by atoms with van der Waals surface area (Å²) in [5, 5.41) is 0. The highest BCUT2D eigenvalue weighted by Crippen LogP contribution is 2.39. The van der Waals surface area contributed by atoms with Gasteiger partial charge >= 0.3 is 0 Å². The molecule has 0 N–H and O–H groups in total. The number of halogens is 1. The highest BCUT2D eigenvalue weighted by molar-refractivity contribution is 9.09. The van der Waals surface area contributed by atoms with Crippen LogP contribution in [0.1, 0.15) is 62.8 Å². The van der Waals surface area contributed by atoms with E-state index in [1.165, 1.54) is 44.1 Å². The summed E-state index contributed by atoms with van der Waals surface area (Å²) in [6.45, 7) is 4.12. The van der Waals surface area contributed by atoms with Crippen LogP contribution in [0, 0.1) is 5.92 Å². The third-order valence-corrected chi connectivity index (χ3v) is 5.16. The van der Waals surface area contributed by atoms with Gasteiger partial charge in [0.25, 0.3) is 0 Å². The molecular formula is C17H25BrO. The SMILES string of the molecule is CC(C)Oc1ccc(C(Br)C2CCCCCC2)cc1. The standard InChI is InChI=1S/C17H25BrO/c1-13(2)19-16-11-9-15(10-12-16)17(18)14-7-5-3-4-6-8-14/h9-14,17H,3-8H2,1-2H3. The first kappa shape index (κ1) is 14.9. The second-order valence-corrected chi connectivity index (χ2v) is 6.88. The first-order valence-electron chi connectivity index (χ1n) is 7.57. The second-order valence-electron chi connectivity index (χ2n) is 5.89. The summed E-state index contributed by atoms with van der Waals surface area (Å²) in [6, 6.07) is 8.62. The summed E-state index contributed by atoms with van der Waals surface area (Å²) >= 11 is 3.92. The normalized spacial score (nSPS) is 19.2. The van der Waals surface area contributed by atoms with Crippen LogP contribution in [0.4, 0.5) is 0 Å². The predicted octanol–water partition coefficient (Wildman–Crippen LogP) is 5.88. The van der Waals surface area contributed by atoms with Crippen LogP contribution in [-0.2, 0) is 0 Å². The molecule has 0 radical (unpaired) electrons. The molecule has 106 valence electrons. The summed E-state index contributed by atoms with van der Waals surface area (Å²) < 4.78 is 5.70. The van der Waals surface area contributed by atoms with Crippen LogP contribution in [0.3, 0.4) is 0 Å². The fraction of sp³-hybridized carbons (Fsp3) is 0.647. The van der Waals surface area contributed by atoms with E-state index >= 15 is 0 Å². The number of rotatable bonds is 4. The highest BCUT2D eigenvalue weighted by atomic mass is 79.9. The van der Waals surface area contributed by atoms with Crippen LogP contribution in [0.2, 0.25) is 0 Å². The molecule has 2 rings (SSSR count). The molecule has 1 fully saturated rings. The molecule has 1 aliphatic rings. The maximum absolute atomic E-state index is 5.70. The number of hydrogen-bond acceptors (Lipinski definition) is 1. The van der Waals surface area contributed by atoms with Gasteiger partial charge in [-0.2, -0.15) is 0 Å². The van der Waals surface area contributed by atoms with Crippen LogP contribution >= 0.6 is 15.9 Å². The summed E-state index contributed by atoms with van der Waals surface area (Å²) in [5.41, 5.74) is 1.39. The lowest BCUT2D eigenvalue weighted by molar-refractivity contribution is 0.242. The number of alkyl halides is 1. The van der Waals surface area contributed by atoms with Crippen LogP contribution in [0.15, 0.2) is 24.3 Å². The first-order valence-corrected chi connectivity index (χ1v) is 8.49. The minimum Gasteiger partial charge on any atom is -0.491 e. The number of benzene rings is 1. The average molecular weight is 325 g/mol. The smallest absolute Gasteiger partial charge is 0.119 e. The minimum absolute atomic E-state index is 0.243. The molecule has 0 amide bonds. The molecule has 1 nitrogen and oxygen atoms in total. The van der Waals surface area contributed by atoms with E-state index in [1.807, 2.05) is 0 Å². The van der Waals surface area contributed by atoms with Gasteiger partial charge in [-0.05, 0) is 50.3 Å². The lowest BCUT2D eigenvalue weighted by Gasteiger charge is -2.21. The van der Waals surface area contributed by atoms with Crippen molar-refractivity contribution in [1.29, 1.82) is 0 Å². The van der Waals surface area contributed by atoms with Crippen molar-refractivity contribution in [3.8, 4) is 5.75 Å². The van der Waals surface area contributed by atoms with Crippen molar-refractivity contribution in [2.24, 2.45) is 5.92 Å². The first-order chi connectivity index (χ1) is 9.16. The van der Waals surface area contributed by atoms with Gasteiger partial charge in [-0.1, -0.05) is 53.7 Å². The summed E-state index contributed by atoms with van der Waals surface area (Å²) in [4.78, 5) is 0.499. The third kappa shape index (κ3) is 4.52. The Labute approximate surface area is 125 Å². The van der Waals surface area contributed by atoms with Crippen molar-refractivity contribution >= 4 is 15.9 Å². The molecule has 1 aliphatic carbocycles. The molecule has 0 bridgehead atoms. The van der Waals surface area contributed by atoms with E-state index in [2.05, 4.69) is 54.0 Å². The zero-order chi connectivity index (χ0) is 13.7. The van der Waals surface area contributed by atoms with Crippen molar-refractivity contribution in [3.63, 3.8) is 0 Å². The quantitative estimate of drug-likeness (QED) is 0.496. The van der Waals surface area contributed by atoms with E-state index in [1.54, 1.807) is 0 Å². The lowest BCUT2D eigenvalue weighted by Crippen LogP contribution is -2.08. The summed E-state index contributed by atoms with van der Waals surface area (Å²) in [7, 11) is 0. The Hall–Kier alpha value is -0.500. The Bertz CT molecular complexity index is 363. The van der Waals surface area contributed by atoms with Gasteiger partial charge < -0.3 is 4.74 Å². The van der Waals surface area contributed by atoms with E-state index in [0.29, 0.717) is 4.83 Å². The van der Waals surface area contributed by atoms with Crippen LogP contribution in [0.25, 0.3) is 0 Å². The molecule has 1 saturated carbocycles. The average Bonchev–Trinajstić information content (AvgIpc) is 2.67. The molecule has 0 saturated heterocycles. The molecule has 2 heteroatoms. The molecule has 1 unspecified atom stereocenters. The van der Waals surface area contributed by atoms with E-state index in [-0.39, 0.29) is 6.10 Å². The van der Waals surface area contributed by atoms with Gasteiger partial charge in [-0.25, -0.2) is 0 Å². The largest absolute Gasteiger partial charge is 0.491 e. The molecule has 0 aliphatic heterocycles. The fourth-order valence-electron chi connectivity index (χ4n) is 2.88. The predicted molar refractivity (Wildman–Crippen MR) is 85.1 cm³/mol. The van der Waals surface area contributed by atoms with Gasteiger partial charge in [0, 0.05) is 4.83 Å². The van der Waals surface area contributed by atoms with Gasteiger partial charge in [0.2, 0.25) is 0 Å². The van der Waals surface area contributed by atoms with E-state index in [4.69, 9.17) is 4.74 Å². The fourth-order valence-corrected chi connectivity index (χ4v) is 3.71. The zero-order valence-corrected chi connectivity index (χ0v) is 13.7. The molecule has 19 heavy (non-hydrogen) atoms. The molecular weight excluding hydrogens is 300 g/mol. The van der Waals surface area contributed by atoms with Gasteiger partial charge in [0.1, 0.15) is 5.75 Å². The summed E-state index contributed by atoms with van der Waals surface area (Å²) in [6.07, 6.45) is 8.57. The third-order valence-electron chi connectivity index (χ3n) is 3.88. The van der Waals surface area contributed by atoms with Gasteiger partial charge in [0.05, 0.1) is 6.10 Å². The van der Waals surface area contributed by atoms with E-state index in [9.17, 15) is 0 Å². The van der Waals surface area contributed by atoms with Gasteiger partial charge in [-0.3, -0.25) is 0 Å². The Morgan fingerprint density at radius 1 is 1.00 bits per heavy atom. The Balaban J connectivity index is 1.99. The number of ether oxygens (including phenoxy) is 1. The maximum atomic E-state index is 5.70. The highest BCUT2D eigenvalue weighted by Gasteiger charge is 2.21. The molecule has 1 aromatic rings. The summed E-state index contributed by atoms with van der Waals surface area (Å²) in [5.74, 6) is 1.76. The Morgan fingerprint density at radius 2 is 1.58 bits per heavy atom.